The van der Waals surface area contributed by atoms with E-state index in [4.69, 9.17) is 26.3 Å². The zero-order valence-electron chi connectivity index (χ0n) is 51.2. The van der Waals surface area contributed by atoms with E-state index in [1.165, 1.54) is 22.3 Å². The first kappa shape index (κ1) is 56.4. The Morgan fingerprint density at radius 2 is 0.584 bits per heavy atom. The summed E-state index contributed by atoms with van der Waals surface area (Å²) in [6, 6.07) is 27.5. The quantitative estimate of drug-likeness (QED) is 0.172. The maximum atomic E-state index is 7.84. The van der Waals surface area contributed by atoms with Crippen LogP contribution in [0.15, 0.2) is 89.6 Å². The highest BCUT2D eigenvalue weighted by atomic mass is 31.1. The topological polar surface area (TPSA) is 71.0 Å². The normalized spacial score (nSPS) is 14.3. The molecule has 410 valence electrons. The summed E-state index contributed by atoms with van der Waals surface area (Å²) in [5.41, 5.74) is 15.4. The molecule has 3 heterocycles. The molecule has 0 saturated heterocycles. The molecule has 6 nitrogen and oxygen atoms in total. The fraction of sp³-hybridized carbons (Fsp3) is 0.478. The number of hydrogen-bond donors (Lipinski definition) is 0. The Hall–Kier alpha value is -5.28. The second-order valence-corrected chi connectivity index (χ2v) is 32.1. The van der Waals surface area contributed by atoms with Crippen molar-refractivity contribution in [3.8, 4) is 33.2 Å². The molecular formula is C69H88O6P2. The molecule has 9 rings (SSSR count). The van der Waals surface area contributed by atoms with Crippen molar-refractivity contribution in [2.45, 2.75) is 204 Å². The minimum absolute atomic E-state index is 0.108. The van der Waals surface area contributed by atoms with Crippen molar-refractivity contribution in [2.75, 3.05) is 13.2 Å². The van der Waals surface area contributed by atoms with Crippen LogP contribution in [0.5, 0.6) is 11.5 Å². The van der Waals surface area contributed by atoms with E-state index in [-0.39, 0.29) is 37.9 Å². The zero-order valence-corrected chi connectivity index (χ0v) is 53.0. The lowest BCUT2D eigenvalue weighted by molar-refractivity contribution is 0.214. The van der Waals surface area contributed by atoms with Crippen molar-refractivity contribution in [2.24, 2.45) is 0 Å². The van der Waals surface area contributed by atoms with Gasteiger partial charge in [0, 0.05) is 49.4 Å². The van der Waals surface area contributed by atoms with Crippen molar-refractivity contribution in [1.29, 1.82) is 0 Å². The molecule has 6 aromatic carbocycles. The van der Waals surface area contributed by atoms with E-state index in [2.05, 4.69) is 239 Å². The third-order valence-corrected chi connectivity index (χ3v) is 18.9. The molecule has 1 aliphatic heterocycles. The van der Waals surface area contributed by atoms with Crippen LogP contribution in [0.2, 0.25) is 0 Å². The summed E-state index contributed by atoms with van der Waals surface area (Å²) in [5, 5.41) is 6.07. The molecule has 8 heteroatoms. The minimum atomic E-state index is -1.94. The van der Waals surface area contributed by atoms with Crippen LogP contribution in [0.1, 0.15) is 201 Å². The summed E-state index contributed by atoms with van der Waals surface area (Å²) in [7, 11) is -3.86. The van der Waals surface area contributed by atoms with Crippen LogP contribution in [0, 0.1) is 20.8 Å². The van der Waals surface area contributed by atoms with Gasteiger partial charge >= 0.3 is 0 Å². The summed E-state index contributed by atoms with van der Waals surface area (Å²) in [4.78, 5) is 0. The van der Waals surface area contributed by atoms with E-state index < -0.39 is 16.0 Å². The molecule has 0 radical (unpaired) electrons. The third-order valence-electron chi connectivity index (χ3n) is 15.6. The van der Waals surface area contributed by atoms with Crippen LogP contribution >= 0.6 is 16.0 Å². The average molecular weight is 1080 g/mol. The van der Waals surface area contributed by atoms with Crippen molar-refractivity contribution in [3.05, 3.63) is 128 Å². The number of hydrogen-bond acceptors (Lipinski definition) is 6. The number of fused-ring (bicyclic) bond motifs is 9. The van der Waals surface area contributed by atoms with Gasteiger partial charge in [-0.15, -0.1) is 0 Å². The second-order valence-electron chi connectivity index (χ2n) is 29.4. The van der Waals surface area contributed by atoms with E-state index >= 15 is 0 Å². The Morgan fingerprint density at radius 1 is 0.312 bits per heavy atom. The monoisotopic (exact) mass is 1070 g/mol. The van der Waals surface area contributed by atoms with Gasteiger partial charge in [-0.05, 0) is 134 Å². The number of ether oxygens (including phenoxy) is 2. The highest BCUT2D eigenvalue weighted by molar-refractivity contribution is 7.47. The van der Waals surface area contributed by atoms with E-state index in [9.17, 15) is 0 Å². The van der Waals surface area contributed by atoms with Gasteiger partial charge in [-0.3, -0.25) is 0 Å². The van der Waals surface area contributed by atoms with E-state index in [1.54, 1.807) is 0 Å². The zero-order chi connectivity index (χ0) is 56.7. The molecule has 77 heavy (non-hydrogen) atoms. The van der Waals surface area contributed by atoms with Crippen LogP contribution in [0.4, 0.5) is 0 Å². The Balaban J connectivity index is 1.53. The van der Waals surface area contributed by atoms with Crippen LogP contribution in [0.25, 0.3) is 65.6 Å². The predicted octanol–water partition coefficient (Wildman–Crippen LogP) is 22.3. The second kappa shape index (κ2) is 18.9. The maximum Gasteiger partial charge on any atom is 0.253 e. The van der Waals surface area contributed by atoms with Gasteiger partial charge in [-0.25, -0.2) is 0 Å². The first-order chi connectivity index (χ1) is 35.3. The number of benzene rings is 6. The van der Waals surface area contributed by atoms with Gasteiger partial charge in [0.25, 0.3) is 16.0 Å². The molecule has 0 N–H and O–H groups in total. The predicted molar refractivity (Wildman–Crippen MR) is 330 cm³/mol. The summed E-state index contributed by atoms with van der Waals surface area (Å²) in [6.45, 7) is 55.5. The number of aryl methyl sites for hydroxylation is 3. The Bertz CT molecular complexity index is 3660. The van der Waals surface area contributed by atoms with Gasteiger partial charge in [0.05, 0.1) is 10.6 Å². The summed E-state index contributed by atoms with van der Waals surface area (Å²) < 4.78 is 44.9. The van der Waals surface area contributed by atoms with E-state index in [0.717, 1.165) is 110 Å². The Kier molecular flexibility index (Phi) is 13.9. The van der Waals surface area contributed by atoms with Crippen molar-refractivity contribution in [3.63, 3.8) is 0 Å². The fourth-order valence-corrected chi connectivity index (χ4v) is 14.2. The van der Waals surface area contributed by atoms with Crippen LogP contribution in [-0.4, -0.2) is 13.2 Å². The van der Waals surface area contributed by atoms with Gasteiger partial charge in [0.1, 0.15) is 47.0 Å². The lowest BCUT2D eigenvalue weighted by Crippen LogP contribution is -2.17. The van der Waals surface area contributed by atoms with Gasteiger partial charge < -0.3 is 26.3 Å². The molecule has 0 aliphatic carbocycles. The summed E-state index contributed by atoms with van der Waals surface area (Å²) in [5.74, 6) is 1.47. The average Bonchev–Trinajstić information content (AvgIpc) is 3.55. The first-order valence-electron chi connectivity index (χ1n) is 27.9. The molecule has 0 fully saturated rings. The first-order valence-corrected chi connectivity index (χ1v) is 30.3. The molecule has 0 amide bonds. The smallest absolute Gasteiger partial charge is 0.253 e. The molecule has 8 aromatic rings. The Morgan fingerprint density at radius 3 is 0.870 bits per heavy atom. The van der Waals surface area contributed by atoms with E-state index in [0.29, 0.717) is 13.2 Å². The van der Waals surface area contributed by atoms with Crippen molar-refractivity contribution >= 4 is 59.9 Å². The molecule has 2 aromatic heterocycles. The standard InChI is InChI=1S/C69H88O6P2/c1-39-25-27-53-55(61(39)76-72-57-41(3)31-42(63(4,5)6)32-46(57)47-33-43(64(7,8)9)36-50(58(47)73-76)67(16,17)18)56-54(71-30-29-70-53)28-26-40(2)62(56)77-74-59-48(34-44(65(10,11)12)37-51(59)68(19,20)21)49-35-45(66(13,14)15)38-52(60(49)75-77)69(22,23)24/h25-28,31-38H,29-30H2,1-24H3. The van der Waals surface area contributed by atoms with E-state index in [1.807, 2.05) is 0 Å². The highest BCUT2D eigenvalue weighted by Crippen LogP contribution is 2.61. The fourth-order valence-electron chi connectivity index (χ4n) is 10.7. The van der Waals surface area contributed by atoms with Gasteiger partial charge in [-0.2, -0.15) is 0 Å². The molecule has 0 bridgehead atoms. The largest absolute Gasteiger partial charge is 0.489 e. The molecule has 0 spiro atoms. The minimum Gasteiger partial charge on any atom is -0.489 e. The van der Waals surface area contributed by atoms with Crippen molar-refractivity contribution in [1.82, 2.24) is 0 Å². The molecule has 0 saturated carbocycles. The SMILES string of the molecule is Cc1ccc2c(c1-p1oc3c(C)cc(C(C)(C)C)cc3c3cc(C(C)(C)C)cc(C(C)(C)C)c3o1)-c1c(ccc(C)c1-p1oc3c(C(C)(C)C)cc(C(C)(C)C)cc3c3cc(C(C)(C)C)cc(C(C)(C)C)c3o1)OCCO2. The third kappa shape index (κ3) is 10.6. The van der Waals surface area contributed by atoms with Crippen LogP contribution in [-0.2, 0) is 37.9 Å². The molecule has 1 atom stereocenters. The molecule has 1 aliphatic rings. The molecule has 1 unspecified atom stereocenters. The Labute approximate surface area is 462 Å². The van der Waals surface area contributed by atoms with Crippen molar-refractivity contribution < 1.29 is 26.3 Å². The van der Waals surface area contributed by atoms with Gasteiger partial charge in [-0.1, -0.05) is 182 Å². The number of rotatable bonds is 2. The summed E-state index contributed by atoms with van der Waals surface area (Å²) >= 11 is 0. The lowest BCUT2D eigenvalue weighted by atomic mass is 9.77. The summed E-state index contributed by atoms with van der Waals surface area (Å²) in [6.07, 6.45) is 0. The van der Waals surface area contributed by atoms with Crippen LogP contribution in [0.3, 0.4) is 0 Å². The van der Waals surface area contributed by atoms with Gasteiger partial charge in [0.15, 0.2) is 0 Å². The lowest BCUT2D eigenvalue weighted by Gasteiger charge is -2.27. The van der Waals surface area contributed by atoms with Crippen LogP contribution < -0.4 is 9.47 Å². The molecular weight excluding hydrogens is 987 g/mol. The maximum absolute atomic E-state index is 7.84. The van der Waals surface area contributed by atoms with Gasteiger partial charge in [0.2, 0.25) is 0 Å². The highest BCUT2D eigenvalue weighted by Gasteiger charge is 2.35.